The monoisotopic (exact) mass is 485 g/mol. The average Bonchev–Trinajstić information content (AvgIpc) is 3.30. The molecule has 186 valence electrons. The van der Waals surface area contributed by atoms with Gasteiger partial charge in [0.2, 0.25) is 11.8 Å². The van der Waals surface area contributed by atoms with Gasteiger partial charge < -0.3 is 10.1 Å². The highest BCUT2D eigenvalue weighted by Crippen LogP contribution is 2.30. The molecule has 8 nitrogen and oxygen atoms in total. The minimum Gasteiger partial charge on any atom is -0.497 e. The van der Waals surface area contributed by atoms with Gasteiger partial charge in [0.25, 0.3) is 0 Å². The quantitative estimate of drug-likeness (QED) is 0.360. The zero-order valence-corrected chi connectivity index (χ0v) is 20.8. The van der Waals surface area contributed by atoms with Crippen LogP contribution in [0.25, 0.3) is 11.0 Å². The second-order valence-corrected chi connectivity index (χ2v) is 8.99. The third-order valence-electron chi connectivity index (χ3n) is 5.95. The number of para-hydroxylation sites is 2. The second-order valence-electron chi connectivity index (χ2n) is 8.99. The Balaban J connectivity index is 1.75. The van der Waals surface area contributed by atoms with Gasteiger partial charge in [-0.15, -0.1) is 5.10 Å². The first-order valence-electron chi connectivity index (χ1n) is 12.0. The van der Waals surface area contributed by atoms with Gasteiger partial charge in [-0.05, 0) is 54.3 Å². The van der Waals surface area contributed by atoms with Crippen molar-refractivity contribution in [3.05, 3.63) is 84.4 Å². The first-order chi connectivity index (χ1) is 17.5. The summed E-state index contributed by atoms with van der Waals surface area (Å²) in [5.74, 6) is 0.497. The molecule has 0 unspecified atom stereocenters. The Labute approximate surface area is 210 Å². The number of fused-ring (bicyclic) bond motifs is 1. The number of carbonyl (C=O) groups excluding carboxylic acids is 2. The van der Waals surface area contributed by atoms with E-state index in [1.54, 1.807) is 17.9 Å². The van der Waals surface area contributed by atoms with Crippen LogP contribution >= 0.6 is 0 Å². The summed E-state index contributed by atoms with van der Waals surface area (Å²) in [5.41, 5.74) is 2.71. The third kappa shape index (κ3) is 5.71. The molecule has 0 radical (unpaired) electrons. The van der Waals surface area contributed by atoms with Gasteiger partial charge in [-0.25, -0.2) is 4.68 Å². The van der Waals surface area contributed by atoms with Crippen LogP contribution in [0.15, 0.2) is 78.9 Å². The number of nitrogens with one attached hydrogen (secondary N) is 1. The molecule has 0 spiro atoms. The number of benzene rings is 3. The van der Waals surface area contributed by atoms with Crippen molar-refractivity contribution in [2.75, 3.05) is 18.6 Å². The molecule has 0 saturated heterocycles. The molecule has 1 N–H and O–H groups in total. The zero-order chi connectivity index (χ0) is 25.5. The van der Waals surface area contributed by atoms with E-state index in [-0.39, 0.29) is 18.4 Å². The van der Waals surface area contributed by atoms with E-state index in [0.717, 1.165) is 11.9 Å². The number of methoxy groups -OCH3 is 1. The molecule has 3 aromatic carbocycles. The number of amides is 2. The van der Waals surface area contributed by atoms with Gasteiger partial charge in [0, 0.05) is 12.2 Å². The van der Waals surface area contributed by atoms with Crippen molar-refractivity contribution in [2.45, 2.75) is 32.9 Å². The van der Waals surface area contributed by atoms with E-state index < -0.39 is 6.04 Å². The maximum atomic E-state index is 13.9. The Hall–Kier alpha value is -4.20. The van der Waals surface area contributed by atoms with Crippen LogP contribution in [0.5, 0.6) is 5.75 Å². The number of nitrogens with zero attached hydrogens (tertiary/aromatic N) is 4. The van der Waals surface area contributed by atoms with Gasteiger partial charge in [0.1, 0.15) is 23.9 Å². The fraction of sp³-hybridized carbons (Fsp3) is 0.286. The molecule has 36 heavy (non-hydrogen) atoms. The van der Waals surface area contributed by atoms with E-state index >= 15 is 0 Å². The number of hydrogen-bond acceptors (Lipinski definition) is 5. The molecular formula is C28H31N5O3. The van der Waals surface area contributed by atoms with Crippen LogP contribution in [0, 0.1) is 5.92 Å². The lowest BCUT2D eigenvalue weighted by Crippen LogP contribution is -2.45. The van der Waals surface area contributed by atoms with Crippen molar-refractivity contribution in [1.82, 2.24) is 20.3 Å². The van der Waals surface area contributed by atoms with E-state index in [0.29, 0.717) is 35.0 Å². The van der Waals surface area contributed by atoms with Crippen molar-refractivity contribution in [2.24, 2.45) is 5.92 Å². The van der Waals surface area contributed by atoms with E-state index in [9.17, 15) is 9.59 Å². The van der Waals surface area contributed by atoms with Crippen LogP contribution in [0.2, 0.25) is 0 Å². The molecule has 8 heteroatoms. The number of carbonyl (C=O) groups is 2. The van der Waals surface area contributed by atoms with E-state index in [2.05, 4.69) is 29.5 Å². The molecule has 1 atom stereocenters. The predicted molar refractivity (Wildman–Crippen MR) is 140 cm³/mol. The highest BCUT2D eigenvalue weighted by atomic mass is 16.5. The molecule has 0 aliphatic rings. The molecule has 1 heterocycles. The topological polar surface area (TPSA) is 89.4 Å². The predicted octanol–water partition coefficient (Wildman–Crippen LogP) is 4.38. The van der Waals surface area contributed by atoms with E-state index in [1.807, 2.05) is 72.8 Å². The first kappa shape index (κ1) is 24.9. The number of rotatable bonds is 10. The maximum absolute atomic E-state index is 13.9. The number of aromatic nitrogens is 3. The number of anilines is 1. The summed E-state index contributed by atoms with van der Waals surface area (Å²) in [7, 11) is 1.58. The van der Waals surface area contributed by atoms with Gasteiger partial charge in [-0.2, -0.15) is 0 Å². The Bertz CT molecular complexity index is 1320. The van der Waals surface area contributed by atoms with Crippen LogP contribution in [-0.2, 0) is 16.1 Å². The molecule has 0 fully saturated rings. The second kappa shape index (κ2) is 11.5. The van der Waals surface area contributed by atoms with Crippen LogP contribution in [-0.4, -0.2) is 40.5 Å². The molecule has 0 aliphatic heterocycles. The fourth-order valence-electron chi connectivity index (χ4n) is 4.07. The third-order valence-corrected chi connectivity index (χ3v) is 5.95. The Morgan fingerprint density at radius 3 is 2.50 bits per heavy atom. The lowest BCUT2D eigenvalue weighted by Gasteiger charge is -2.32. The van der Waals surface area contributed by atoms with Crippen molar-refractivity contribution in [1.29, 1.82) is 0 Å². The van der Waals surface area contributed by atoms with Crippen LogP contribution in [0.3, 0.4) is 0 Å². The van der Waals surface area contributed by atoms with Gasteiger partial charge in [0.15, 0.2) is 0 Å². The standard InChI is InChI=1S/C28H31N5O3/c1-20(2)16-17-29-28(35)27(21-10-9-13-23(18-21)36-3)33(22-11-5-4-6-12-22)26(34)19-32-25-15-8-7-14-24(25)30-31-32/h4-15,18,20,27H,16-17,19H2,1-3H3,(H,29,35)/t27-/m0/s1. The van der Waals surface area contributed by atoms with Crippen molar-refractivity contribution < 1.29 is 14.3 Å². The molecule has 0 saturated carbocycles. The van der Waals surface area contributed by atoms with Crippen molar-refractivity contribution in [3.8, 4) is 5.75 Å². The summed E-state index contributed by atoms with van der Waals surface area (Å²) in [6, 6.07) is 23.0. The molecule has 2 amide bonds. The Morgan fingerprint density at radius 2 is 1.75 bits per heavy atom. The first-order valence-corrected chi connectivity index (χ1v) is 12.0. The largest absolute Gasteiger partial charge is 0.497 e. The summed E-state index contributed by atoms with van der Waals surface area (Å²) < 4.78 is 6.98. The summed E-state index contributed by atoms with van der Waals surface area (Å²) in [6.07, 6.45) is 0.834. The number of ether oxygens (including phenoxy) is 1. The van der Waals surface area contributed by atoms with Crippen molar-refractivity contribution in [3.63, 3.8) is 0 Å². The highest BCUT2D eigenvalue weighted by Gasteiger charge is 2.33. The lowest BCUT2D eigenvalue weighted by molar-refractivity contribution is -0.127. The lowest BCUT2D eigenvalue weighted by atomic mass is 10.0. The zero-order valence-electron chi connectivity index (χ0n) is 20.8. The van der Waals surface area contributed by atoms with Gasteiger partial charge in [0.05, 0.1) is 12.6 Å². The van der Waals surface area contributed by atoms with Crippen LogP contribution < -0.4 is 15.0 Å². The molecule has 4 aromatic rings. The summed E-state index contributed by atoms with van der Waals surface area (Å²) in [6.45, 7) is 4.65. The Kier molecular flexibility index (Phi) is 7.95. The van der Waals surface area contributed by atoms with Gasteiger partial charge >= 0.3 is 0 Å². The van der Waals surface area contributed by atoms with Gasteiger partial charge in [-0.1, -0.05) is 61.5 Å². The van der Waals surface area contributed by atoms with E-state index in [4.69, 9.17) is 4.74 Å². The SMILES string of the molecule is COc1cccc([C@@H](C(=O)NCCC(C)C)N(C(=O)Cn2nnc3ccccc32)c2ccccc2)c1. The minimum atomic E-state index is -0.906. The molecular weight excluding hydrogens is 454 g/mol. The summed E-state index contributed by atoms with van der Waals surface area (Å²) >= 11 is 0. The smallest absolute Gasteiger partial charge is 0.249 e. The molecule has 0 aliphatic carbocycles. The highest BCUT2D eigenvalue weighted by molar-refractivity contribution is 6.01. The van der Waals surface area contributed by atoms with E-state index in [1.165, 1.54) is 4.90 Å². The minimum absolute atomic E-state index is 0.0743. The summed E-state index contributed by atoms with van der Waals surface area (Å²) in [4.78, 5) is 29.2. The van der Waals surface area contributed by atoms with Gasteiger partial charge in [-0.3, -0.25) is 14.5 Å². The van der Waals surface area contributed by atoms with Crippen LogP contribution in [0.1, 0.15) is 31.9 Å². The number of hydrogen-bond donors (Lipinski definition) is 1. The summed E-state index contributed by atoms with van der Waals surface area (Å²) in [5, 5.41) is 11.4. The van der Waals surface area contributed by atoms with Crippen molar-refractivity contribution >= 4 is 28.5 Å². The Morgan fingerprint density at radius 1 is 1.00 bits per heavy atom. The average molecular weight is 486 g/mol. The fourth-order valence-corrected chi connectivity index (χ4v) is 4.07. The molecule has 1 aromatic heterocycles. The molecule has 0 bridgehead atoms. The molecule has 4 rings (SSSR count). The van der Waals surface area contributed by atoms with Crippen LogP contribution in [0.4, 0.5) is 5.69 Å². The maximum Gasteiger partial charge on any atom is 0.249 e. The normalized spacial score (nSPS) is 11.9.